The van der Waals surface area contributed by atoms with Crippen molar-refractivity contribution in [1.82, 2.24) is 24.6 Å². The number of hydrogen-bond donors (Lipinski definition) is 1. The van der Waals surface area contributed by atoms with Crippen LogP contribution in [0.25, 0.3) is 5.69 Å². The van der Waals surface area contributed by atoms with Gasteiger partial charge in [0, 0.05) is 24.9 Å². The zero-order valence-electron chi connectivity index (χ0n) is 19.1. The zero-order valence-corrected chi connectivity index (χ0v) is 19.1. The van der Waals surface area contributed by atoms with E-state index < -0.39 is 47.0 Å². The molecule has 0 radical (unpaired) electrons. The number of nitrogens with one attached hydrogen (secondary N) is 1. The molecule has 0 saturated carbocycles. The Morgan fingerprint density at radius 3 is 2.43 bits per heavy atom. The van der Waals surface area contributed by atoms with Crippen molar-refractivity contribution in [1.29, 1.82) is 0 Å². The first-order chi connectivity index (χ1) is 17.6. The van der Waals surface area contributed by atoms with E-state index >= 15 is 0 Å². The molecule has 0 aliphatic heterocycles. The lowest BCUT2D eigenvalue weighted by Gasteiger charge is -2.14. The number of benzene rings is 2. The number of hydrogen-bond acceptors (Lipinski definition) is 5. The second kappa shape index (κ2) is 10.6. The highest BCUT2D eigenvalue weighted by Crippen LogP contribution is 2.29. The number of carbonyl (C=O) groups is 1. The first kappa shape index (κ1) is 25.5. The summed E-state index contributed by atoms with van der Waals surface area (Å²) < 4.78 is 55.1. The molecule has 190 valence electrons. The van der Waals surface area contributed by atoms with Gasteiger partial charge in [0.15, 0.2) is 0 Å². The van der Waals surface area contributed by atoms with Crippen LogP contribution in [0.2, 0.25) is 0 Å². The molecule has 1 amide bonds. The van der Waals surface area contributed by atoms with Gasteiger partial charge in [-0.3, -0.25) is 19.1 Å². The Balaban J connectivity index is 1.75. The average Bonchev–Trinajstić information content (AvgIpc) is 2.87. The zero-order chi connectivity index (χ0) is 26.6. The lowest BCUT2D eigenvalue weighted by atomic mass is 10.1. The average molecular weight is 513 g/mol. The van der Waals surface area contributed by atoms with Crippen LogP contribution < -0.4 is 16.6 Å². The van der Waals surface area contributed by atoms with Crippen LogP contribution >= 0.6 is 0 Å². The van der Waals surface area contributed by atoms with E-state index in [9.17, 15) is 31.9 Å². The van der Waals surface area contributed by atoms with Crippen LogP contribution in [0.5, 0.6) is 0 Å². The molecule has 0 unspecified atom stereocenters. The maximum atomic E-state index is 14.5. The van der Waals surface area contributed by atoms with E-state index in [2.05, 4.69) is 15.4 Å². The predicted octanol–water partition coefficient (Wildman–Crippen LogP) is 2.97. The topological polar surface area (TPSA) is 98.9 Å². The van der Waals surface area contributed by atoms with Gasteiger partial charge in [0.1, 0.15) is 11.5 Å². The van der Waals surface area contributed by atoms with Crippen LogP contribution in [-0.4, -0.2) is 31.8 Å². The molecule has 1 N–H and O–H groups in total. The van der Waals surface area contributed by atoms with Crippen molar-refractivity contribution >= 4 is 5.91 Å². The largest absolute Gasteiger partial charge is 0.416 e. The van der Waals surface area contributed by atoms with E-state index in [1.807, 2.05) is 0 Å². The van der Waals surface area contributed by atoms with Crippen molar-refractivity contribution in [2.45, 2.75) is 19.1 Å². The predicted molar refractivity (Wildman–Crippen MR) is 125 cm³/mol. The van der Waals surface area contributed by atoms with Crippen molar-refractivity contribution in [3.8, 4) is 5.69 Å². The summed E-state index contributed by atoms with van der Waals surface area (Å²) >= 11 is 0. The molecule has 0 atom stereocenters. The number of halogens is 4. The van der Waals surface area contributed by atoms with Crippen molar-refractivity contribution in [2.75, 3.05) is 6.54 Å². The third-order valence-electron chi connectivity index (χ3n) is 5.34. The van der Waals surface area contributed by atoms with Gasteiger partial charge in [-0.1, -0.05) is 30.3 Å². The third-order valence-corrected chi connectivity index (χ3v) is 5.34. The molecule has 0 aliphatic carbocycles. The van der Waals surface area contributed by atoms with Gasteiger partial charge in [-0.2, -0.15) is 23.0 Å². The Bertz CT molecular complexity index is 1550. The highest BCUT2D eigenvalue weighted by atomic mass is 19.4. The number of carbonyl (C=O) groups excluding carboxylic acids is 1. The van der Waals surface area contributed by atoms with Crippen molar-refractivity contribution in [3.63, 3.8) is 0 Å². The highest BCUT2D eigenvalue weighted by Gasteiger charge is 2.30. The maximum absolute atomic E-state index is 14.5. The summed E-state index contributed by atoms with van der Waals surface area (Å²) in [7, 11) is 0. The van der Waals surface area contributed by atoms with Gasteiger partial charge >= 0.3 is 11.9 Å². The quantitative estimate of drug-likeness (QED) is 0.383. The van der Waals surface area contributed by atoms with E-state index in [4.69, 9.17) is 0 Å². The van der Waals surface area contributed by atoms with Gasteiger partial charge in [-0.25, -0.2) is 9.18 Å². The van der Waals surface area contributed by atoms with Crippen molar-refractivity contribution in [2.24, 2.45) is 0 Å². The Labute approximate surface area is 206 Å². The van der Waals surface area contributed by atoms with Crippen LogP contribution in [0.3, 0.4) is 0 Å². The molecule has 2 aromatic carbocycles. The van der Waals surface area contributed by atoms with Gasteiger partial charge in [0.25, 0.3) is 11.5 Å². The number of para-hydroxylation sites is 1. The van der Waals surface area contributed by atoms with Crippen molar-refractivity contribution < 1.29 is 22.4 Å². The summed E-state index contributed by atoms with van der Waals surface area (Å²) in [6, 6.07) is 14.3. The monoisotopic (exact) mass is 513 g/mol. The molecule has 4 rings (SSSR count). The second-order valence-corrected chi connectivity index (χ2v) is 7.91. The fourth-order valence-electron chi connectivity index (χ4n) is 3.54. The normalized spacial score (nSPS) is 11.4. The molecular formula is C25H19F4N5O3. The summed E-state index contributed by atoms with van der Waals surface area (Å²) in [4.78, 5) is 43.2. The maximum Gasteiger partial charge on any atom is 0.416 e. The Morgan fingerprint density at radius 2 is 1.73 bits per heavy atom. The van der Waals surface area contributed by atoms with Crippen LogP contribution in [0, 0.1) is 5.82 Å². The summed E-state index contributed by atoms with van der Waals surface area (Å²) in [5.41, 5.74) is -3.66. The number of alkyl halides is 3. The molecule has 0 fully saturated rings. The van der Waals surface area contributed by atoms with E-state index in [0.717, 1.165) is 24.3 Å². The number of rotatable bonds is 7. The highest BCUT2D eigenvalue weighted by molar-refractivity contribution is 5.91. The van der Waals surface area contributed by atoms with Crippen LogP contribution in [0.4, 0.5) is 17.6 Å². The second-order valence-electron chi connectivity index (χ2n) is 7.91. The van der Waals surface area contributed by atoms with E-state index in [-0.39, 0.29) is 17.8 Å². The Kier molecular flexibility index (Phi) is 7.27. The number of amides is 1. The van der Waals surface area contributed by atoms with Crippen molar-refractivity contribution in [3.05, 3.63) is 122 Å². The molecule has 0 bridgehead atoms. The van der Waals surface area contributed by atoms with Gasteiger partial charge in [0.2, 0.25) is 5.69 Å². The van der Waals surface area contributed by atoms with Gasteiger partial charge in [-0.15, -0.1) is 0 Å². The molecule has 37 heavy (non-hydrogen) atoms. The van der Waals surface area contributed by atoms with Crippen LogP contribution in [0.15, 0.2) is 82.5 Å². The summed E-state index contributed by atoms with van der Waals surface area (Å²) in [5.74, 6) is -1.80. The molecule has 8 nitrogen and oxygen atoms in total. The molecule has 0 aliphatic rings. The molecule has 0 saturated heterocycles. The van der Waals surface area contributed by atoms with E-state index in [0.29, 0.717) is 21.4 Å². The number of pyridine rings is 1. The smallest absolute Gasteiger partial charge is 0.350 e. The first-order valence-corrected chi connectivity index (χ1v) is 11.0. The Morgan fingerprint density at radius 1 is 0.973 bits per heavy atom. The minimum absolute atomic E-state index is 0.0261. The number of aromatic nitrogens is 4. The summed E-state index contributed by atoms with van der Waals surface area (Å²) in [5, 5.41) is 6.32. The van der Waals surface area contributed by atoms with E-state index in [1.165, 1.54) is 24.3 Å². The minimum Gasteiger partial charge on any atom is -0.350 e. The molecule has 4 aromatic rings. The molecular weight excluding hydrogens is 494 g/mol. The summed E-state index contributed by atoms with van der Waals surface area (Å²) in [6.45, 7) is -0.532. The van der Waals surface area contributed by atoms with Gasteiger partial charge < -0.3 is 5.32 Å². The molecule has 12 heteroatoms. The standard InChI is InChI=1S/C25H19F4N5O3/c26-19-9-1-2-10-20(19)34-24(37)33(15-16-6-5-7-17(14-16)25(27,28)29)23(36)21(32-34)22(35)31-13-11-18-8-3-4-12-30-18/h1-10,12,14H,11,13,15H2,(H,31,35). The van der Waals surface area contributed by atoms with Gasteiger partial charge in [0.05, 0.1) is 12.1 Å². The summed E-state index contributed by atoms with van der Waals surface area (Å²) in [6.07, 6.45) is -2.74. The third kappa shape index (κ3) is 5.80. The van der Waals surface area contributed by atoms with Crippen LogP contribution in [-0.2, 0) is 19.1 Å². The van der Waals surface area contributed by atoms with Crippen LogP contribution in [0.1, 0.15) is 27.3 Å². The minimum atomic E-state index is -4.65. The molecule has 2 heterocycles. The van der Waals surface area contributed by atoms with Gasteiger partial charge in [-0.05, 0) is 42.0 Å². The SMILES string of the molecule is O=C(NCCc1ccccn1)c1nn(-c2ccccc2F)c(=O)n(Cc2cccc(C(F)(F)F)c2)c1=O. The lowest BCUT2D eigenvalue weighted by molar-refractivity contribution is -0.137. The molecule has 0 spiro atoms. The lowest BCUT2D eigenvalue weighted by Crippen LogP contribution is -2.46. The Hall–Kier alpha value is -4.61. The molecule has 2 aromatic heterocycles. The first-order valence-electron chi connectivity index (χ1n) is 11.0. The number of nitrogens with zero attached hydrogens (tertiary/aromatic N) is 4. The fourth-order valence-corrected chi connectivity index (χ4v) is 3.54. The van der Waals surface area contributed by atoms with E-state index in [1.54, 1.807) is 24.4 Å². The fraction of sp³-hybridized carbons (Fsp3) is 0.160.